The molecular formula is C23H23F3N4O4. The summed E-state index contributed by atoms with van der Waals surface area (Å²) < 4.78 is 43.1. The quantitative estimate of drug-likeness (QED) is 0.556. The van der Waals surface area contributed by atoms with Gasteiger partial charge in [-0.3, -0.25) is 14.3 Å². The number of halogens is 3. The van der Waals surface area contributed by atoms with Crippen LogP contribution in [0.2, 0.25) is 0 Å². The van der Waals surface area contributed by atoms with Gasteiger partial charge in [0.2, 0.25) is 11.8 Å². The fourth-order valence-electron chi connectivity index (χ4n) is 4.09. The summed E-state index contributed by atoms with van der Waals surface area (Å²) in [5.41, 5.74) is 0.651. The number of aromatic hydroxyl groups is 1. The van der Waals surface area contributed by atoms with E-state index in [4.69, 9.17) is 0 Å². The van der Waals surface area contributed by atoms with Gasteiger partial charge in [0.1, 0.15) is 5.75 Å². The SMILES string of the molecule is O=C(Nc1cnccc1Cn1cc(O)n(-c2ccc(OC(F)(F)F)cc2)c1=O)C1CCCCC1. The van der Waals surface area contributed by atoms with Crippen molar-refractivity contribution in [2.45, 2.75) is 45.0 Å². The minimum absolute atomic E-state index is 0.0391. The number of carbonyl (C=O) groups is 1. The van der Waals surface area contributed by atoms with Crippen LogP contribution in [0.5, 0.6) is 11.6 Å². The summed E-state index contributed by atoms with van der Waals surface area (Å²) in [7, 11) is 0. The second kappa shape index (κ2) is 9.62. The van der Waals surface area contributed by atoms with E-state index in [1.807, 2.05) is 0 Å². The van der Waals surface area contributed by atoms with Crippen LogP contribution in [0.1, 0.15) is 37.7 Å². The Morgan fingerprint density at radius 2 is 1.85 bits per heavy atom. The molecule has 0 radical (unpaired) electrons. The summed E-state index contributed by atoms with van der Waals surface area (Å²) in [4.78, 5) is 29.7. The van der Waals surface area contributed by atoms with Gasteiger partial charge in [-0.15, -0.1) is 13.2 Å². The predicted molar refractivity (Wildman–Crippen MR) is 117 cm³/mol. The molecule has 2 aromatic heterocycles. The number of anilines is 1. The summed E-state index contributed by atoms with van der Waals surface area (Å²) in [6.07, 6.45) is 4.27. The summed E-state index contributed by atoms with van der Waals surface area (Å²) in [6.45, 7) is 0.0391. The molecule has 2 N–H and O–H groups in total. The van der Waals surface area contributed by atoms with Crippen LogP contribution in [-0.4, -0.2) is 31.5 Å². The first kappa shape index (κ1) is 23.4. The van der Waals surface area contributed by atoms with Gasteiger partial charge in [0.25, 0.3) is 0 Å². The monoisotopic (exact) mass is 476 g/mol. The number of ether oxygens (including phenoxy) is 1. The smallest absolute Gasteiger partial charge is 0.493 e. The van der Waals surface area contributed by atoms with Crippen molar-refractivity contribution >= 4 is 11.6 Å². The predicted octanol–water partition coefficient (Wildman–Crippen LogP) is 4.21. The second-order valence-electron chi connectivity index (χ2n) is 8.13. The average molecular weight is 476 g/mol. The van der Waals surface area contributed by atoms with Crippen molar-refractivity contribution in [2.75, 3.05) is 5.32 Å². The zero-order chi connectivity index (χ0) is 24.3. The van der Waals surface area contributed by atoms with E-state index in [2.05, 4.69) is 15.0 Å². The van der Waals surface area contributed by atoms with Gasteiger partial charge >= 0.3 is 12.1 Å². The van der Waals surface area contributed by atoms with E-state index in [0.29, 0.717) is 11.3 Å². The lowest BCUT2D eigenvalue weighted by molar-refractivity contribution is -0.274. The Bertz CT molecular complexity index is 1210. The number of aromatic nitrogens is 3. The first-order chi connectivity index (χ1) is 16.2. The molecule has 1 fully saturated rings. The number of benzene rings is 1. The van der Waals surface area contributed by atoms with Crippen LogP contribution in [0.25, 0.3) is 5.69 Å². The highest BCUT2D eigenvalue weighted by Gasteiger charge is 2.31. The molecule has 8 nitrogen and oxygen atoms in total. The zero-order valence-corrected chi connectivity index (χ0v) is 18.1. The first-order valence-electron chi connectivity index (χ1n) is 10.8. The normalized spacial score (nSPS) is 14.7. The molecule has 0 saturated heterocycles. The lowest BCUT2D eigenvalue weighted by atomic mass is 9.88. The molecule has 4 rings (SSSR count). The maximum Gasteiger partial charge on any atom is 0.573 e. The van der Waals surface area contributed by atoms with Gasteiger partial charge in [0.05, 0.1) is 30.3 Å². The van der Waals surface area contributed by atoms with Crippen molar-refractivity contribution in [1.29, 1.82) is 0 Å². The van der Waals surface area contributed by atoms with Crippen LogP contribution in [-0.2, 0) is 11.3 Å². The highest BCUT2D eigenvalue weighted by Crippen LogP contribution is 2.27. The number of carbonyl (C=O) groups excluding carboxylic acids is 1. The molecule has 0 aliphatic heterocycles. The summed E-state index contributed by atoms with van der Waals surface area (Å²) in [6, 6.07) is 6.23. The molecule has 1 amide bonds. The van der Waals surface area contributed by atoms with Gasteiger partial charge in [-0.05, 0) is 48.7 Å². The van der Waals surface area contributed by atoms with Crippen LogP contribution in [0, 0.1) is 5.92 Å². The Morgan fingerprint density at radius 1 is 1.15 bits per heavy atom. The Hall–Kier alpha value is -3.76. The molecule has 0 atom stereocenters. The number of hydrogen-bond acceptors (Lipinski definition) is 5. The molecule has 2 heterocycles. The van der Waals surface area contributed by atoms with Crippen LogP contribution in [0.3, 0.4) is 0 Å². The van der Waals surface area contributed by atoms with Crippen LogP contribution >= 0.6 is 0 Å². The molecule has 1 aliphatic rings. The minimum atomic E-state index is -4.83. The van der Waals surface area contributed by atoms with Crippen molar-refractivity contribution in [3.8, 4) is 17.3 Å². The number of alkyl halides is 3. The Kier molecular flexibility index (Phi) is 6.62. The van der Waals surface area contributed by atoms with E-state index in [1.54, 1.807) is 6.07 Å². The fraction of sp³-hybridized carbons (Fsp3) is 0.348. The molecule has 0 unspecified atom stereocenters. The molecule has 11 heteroatoms. The number of rotatable bonds is 6. The summed E-state index contributed by atoms with van der Waals surface area (Å²) in [5.74, 6) is -0.975. The highest BCUT2D eigenvalue weighted by molar-refractivity contribution is 5.93. The van der Waals surface area contributed by atoms with E-state index in [1.165, 1.54) is 35.3 Å². The number of imidazole rings is 1. The van der Waals surface area contributed by atoms with Gasteiger partial charge in [-0.25, -0.2) is 9.36 Å². The number of amides is 1. The lowest BCUT2D eigenvalue weighted by Gasteiger charge is -2.21. The van der Waals surface area contributed by atoms with Crippen molar-refractivity contribution < 1.29 is 27.8 Å². The van der Waals surface area contributed by atoms with Crippen molar-refractivity contribution in [1.82, 2.24) is 14.1 Å². The molecule has 1 aliphatic carbocycles. The third-order valence-corrected chi connectivity index (χ3v) is 5.75. The number of pyridine rings is 1. The van der Waals surface area contributed by atoms with Crippen LogP contribution < -0.4 is 15.7 Å². The van der Waals surface area contributed by atoms with E-state index in [-0.39, 0.29) is 24.1 Å². The van der Waals surface area contributed by atoms with Gasteiger partial charge < -0.3 is 15.2 Å². The zero-order valence-electron chi connectivity index (χ0n) is 18.1. The van der Waals surface area contributed by atoms with Gasteiger partial charge in [-0.2, -0.15) is 0 Å². The third kappa shape index (κ3) is 5.41. The van der Waals surface area contributed by atoms with Crippen molar-refractivity contribution in [2.24, 2.45) is 5.92 Å². The minimum Gasteiger partial charge on any atom is -0.493 e. The molecular weight excluding hydrogens is 453 g/mol. The average Bonchev–Trinajstić information content (AvgIpc) is 3.08. The molecule has 1 saturated carbocycles. The van der Waals surface area contributed by atoms with Crippen molar-refractivity contribution in [3.63, 3.8) is 0 Å². The largest absolute Gasteiger partial charge is 0.573 e. The Balaban J connectivity index is 1.54. The highest BCUT2D eigenvalue weighted by atomic mass is 19.4. The first-order valence-corrected chi connectivity index (χ1v) is 10.8. The number of nitrogens with one attached hydrogen (secondary N) is 1. The summed E-state index contributed by atoms with van der Waals surface area (Å²) in [5, 5.41) is 13.2. The van der Waals surface area contributed by atoms with Gasteiger partial charge in [0.15, 0.2) is 0 Å². The van der Waals surface area contributed by atoms with Gasteiger partial charge in [0, 0.05) is 12.1 Å². The van der Waals surface area contributed by atoms with Crippen LogP contribution in [0.15, 0.2) is 53.7 Å². The molecule has 0 spiro atoms. The lowest BCUT2D eigenvalue weighted by Crippen LogP contribution is -2.26. The standard InChI is InChI=1S/C23H23F3N4O4/c24-23(25,26)34-18-8-6-17(7-9-18)30-20(31)14-29(22(30)33)13-16-10-11-27-12-19(16)28-21(32)15-4-2-1-3-5-15/h6-12,14-15,31H,1-5,13H2,(H,28,32). The maximum absolute atomic E-state index is 12.9. The van der Waals surface area contributed by atoms with E-state index >= 15 is 0 Å². The molecule has 3 aromatic rings. The molecule has 34 heavy (non-hydrogen) atoms. The van der Waals surface area contributed by atoms with Gasteiger partial charge in [-0.1, -0.05) is 19.3 Å². The second-order valence-corrected chi connectivity index (χ2v) is 8.13. The molecule has 180 valence electrons. The maximum atomic E-state index is 12.9. The number of hydrogen-bond donors (Lipinski definition) is 2. The van der Waals surface area contributed by atoms with E-state index in [9.17, 15) is 27.9 Å². The number of nitrogens with zero attached hydrogens (tertiary/aromatic N) is 3. The molecule has 1 aromatic carbocycles. The Morgan fingerprint density at radius 3 is 2.53 bits per heavy atom. The topological polar surface area (TPSA) is 98.4 Å². The fourth-order valence-corrected chi connectivity index (χ4v) is 4.09. The van der Waals surface area contributed by atoms with Crippen LogP contribution in [0.4, 0.5) is 18.9 Å². The molecule has 0 bridgehead atoms. The Labute approximate surface area is 192 Å². The van der Waals surface area contributed by atoms with E-state index < -0.39 is 23.7 Å². The summed E-state index contributed by atoms with van der Waals surface area (Å²) >= 11 is 0. The third-order valence-electron chi connectivity index (χ3n) is 5.75. The van der Waals surface area contributed by atoms with Crippen molar-refractivity contribution in [3.05, 3.63) is 65.0 Å². The van der Waals surface area contributed by atoms with E-state index in [0.717, 1.165) is 48.8 Å².